The van der Waals surface area contributed by atoms with Crippen molar-refractivity contribution in [2.45, 2.75) is 372 Å². The van der Waals surface area contributed by atoms with Crippen LogP contribution in [-0.2, 0) is 109 Å². The maximum atomic E-state index is 12.8. The summed E-state index contributed by atoms with van der Waals surface area (Å²) in [6.07, 6.45) is -98.7. The minimum atomic E-state index is -2.97. The third-order valence-electron chi connectivity index (χ3n) is 26.8. The minimum Gasteiger partial charge on any atom is -0.477 e. The molecule has 11 aliphatic heterocycles. The summed E-state index contributed by atoms with van der Waals surface area (Å²) in [6.45, 7) is -4.65. The van der Waals surface area contributed by atoms with Gasteiger partial charge in [0.2, 0.25) is 0 Å². The molecule has 0 amide bonds. The highest BCUT2D eigenvalue weighted by Gasteiger charge is 2.63. The predicted molar refractivity (Wildman–Crippen MR) is 417 cm³/mol. The summed E-state index contributed by atoms with van der Waals surface area (Å²) in [6, 6.07) is -3.17. The van der Waals surface area contributed by atoms with Crippen LogP contribution in [0.25, 0.3) is 0 Å². The van der Waals surface area contributed by atoms with Crippen molar-refractivity contribution >= 4 is 11.9 Å². The molecule has 0 spiro atoms. The van der Waals surface area contributed by atoms with Crippen molar-refractivity contribution in [1.29, 1.82) is 0 Å². The Balaban J connectivity index is 0.829. The Morgan fingerprint density at radius 2 is 0.590 bits per heavy atom. The molecule has 57 heteroatoms. The molecule has 11 fully saturated rings. The van der Waals surface area contributed by atoms with E-state index < -0.39 is 445 Å². The van der Waals surface area contributed by atoms with Gasteiger partial charge in [-0.2, -0.15) is 0 Å². The van der Waals surface area contributed by atoms with Crippen LogP contribution in [0.15, 0.2) is 0 Å². The molecule has 0 radical (unpaired) electrons. The molecule has 57 atom stereocenters. The lowest BCUT2D eigenvalue weighted by molar-refractivity contribution is -0.402. The van der Waals surface area contributed by atoms with Crippen molar-refractivity contribution < 1.29 is 272 Å². The van der Waals surface area contributed by atoms with Crippen molar-refractivity contribution in [2.24, 2.45) is 35.1 Å². The van der Waals surface area contributed by atoms with E-state index in [1.807, 2.05) is 0 Å². The van der Waals surface area contributed by atoms with Gasteiger partial charge in [-0.1, -0.05) is 27.7 Å². The predicted octanol–water partition coefficient (Wildman–Crippen LogP) is -20.5. The summed E-state index contributed by atoms with van der Waals surface area (Å²) in [5.74, 6) is -14.7. The first-order valence-corrected chi connectivity index (χ1v) is 43.7. The van der Waals surface area contributed by atoms with Gasteiger partial charge in [0, 0.05) is 36.5 Å². The summed E-state index contributed by atoms with van der Waals surface area (Å²) in [4.78, 5) is 25.7. The van der Waals surface area contributed by atoms with E-state index in [1.54, 1.807) is 13.8 Å². The summed E-state index contributed by atoms with van der Waals surface area (Å²) in [5, 5.41) is 354. The SMILES string of the molecule is CC1C(O)C(O[C@@H]2OC(CO[C@]3(C(=O)O)C[C@@H](O)[C@@H](N)C([C@H](O)[C@H](O)CO)O3)[C@H](O)C(O)[C@@H]2O)[C@H](CO)O[C@H]1O[C@@H]1C(O)[C@H](O)C(CO)O[C@@H]1OCC1O[C@@H](O[C@@H]2C(CO)O[C@@H](O[C@@H]3C(CO)O[C@@H](C)[C@@H](C)C3O)[C@@H](C)C2O)[C@H](O)C(O[C@H]2O[C@H](CO)[C@@H](O)C(O)C2O[C@@H]2OC(CO)[C@@H](O[C@@H]3OC(CO[C@]4(C(=O)O)C[C@@H](O)[C@@H](N)C([C@H](O)[C@H](O)CO)O4)[C@H](O)C(O)[C@@H]3O)[C@H](O)C2C)[C@@H]1O. The van der Waals surface area contributed by atoms with Crippen molar-refractivity contribution in [3.05, 3.63) is 0 Å². The number of carbonyl (C=O) groups is 2. The number of aliphatic hydroxyl groups is 30. The van der Waals surface area contributed by atoms with Gasteiger partial charge in [0.15, 0.2) is 50.3 Å². The zero-order valence-electron chi connectivity index (χ0n) is 72.8. The number of rotatable bonds is 37. The normalized spacial score (nSPS) is 50.9. The number of carboxylic acid groups (broad SMARTS) is 2. The molecule has 36 N–H and O–H groups in total. The quantitative estimate of drug-likeness (QED) is 0.0275. The zero-order chi connectivity index (χ0) is 99.0. The molecule has 11 saturated heterocycles. The van der Waals surface area contributed by atoms with Crippen LogP contribution < -0.4 is 11.5 Å². The molecule has 0 aromatic rings. The largest absolute Gasteiger partial charge is 0.477 e. The van der Waals surface area contributed by atoms with Crippen LogP contribution in [0.3, 0.4) is 0 Å². The van der Waals surface area contributed by atoms with E-state index in [1.165, 1.54) is 20.8 Å². The maximum absolute atomic E-state index is 12.8. The smallest absolute Gasteiger partial charge is 0.364 e. The van der Waals surface area contributed by atoms with Gasteiger partial charge in [0.25, 0.3) is 11.6 Å². The lowest BCUT2D eigenvalue weighted by Gasteiger charge is -2.51. The van der Waals surface area contributed by atoms with E-state index in [9.17, 15) is 173 Å². The van der Waals surface area contributed by atoms with Gasteiger partial charge in [-0.05, 0) is 6.92 Å². The van der Waals surface area contributed by atoms with Gasteiger partial charge in [-0.3, -0.25) is 0 Å². The van der Waals surface area contributed by atoms with E-state index in [4.69, 9.17) is 111 Å². The lowest BCUT2D eigenvalue weighted by Crippen LogP contribution is -2.68. The van der Waals surface area contributed by atoms with Crippen LogP contribution in [0.4, 0.5) is 0 Å². The molecule has 0 aromatic heterocycles. The van der Waals surface area contributed by atoms with Crippen molar-refractivity contribution in [3.8, 4) is 0 Å². The van der Waals surface area contributed by atoms with E-state index in [0.29, 0.717) is 0 Å². The Labute approximate surface area is 761 Å². The van der Waals surface area contributed by atoms with E-state index in [2.05, 4.69) is 0 Å². The second-order valence-corrected chi connectivity index (χ2v) is 35.7. The topological polar surface area (TPSA) is 927 Å². The number of hydrogen-bond acceptors (Lipinski definition) is 55. The van der Waals surface area contributed by atoms with Gasteiger partial charge >= 0.3 is 11.9 Å². The number of nitrogens with two attached hydrogens (primary N) is 2. The fourth-order valence-corrected chi connectivity index (χ4v) is 18.0. The first kappa shape index (κ1) is 111. The van der Waals surface area contributed by atoms with Crippen LogP contribution >= 0.6 is 0 Å². The standard InChI is InChI=1S/C77H132N2O55/c1-19-23(5)117-30(12-84)57(39(19)92)126-66-20(2)40(93)60(33(15-87)120-66)129-71-56(109)63(130-73-65(53(106)46(99)29(11-83)119-73)132-68-22(4)42(95)59(32(14-86)122-68)128-70-55(108)51(104)48(101)36(125-70)18-116-77(75(112)113)7-25(89)38(79)62(134-77)44(97)27(91)9-81)49(102)34(123-71)16-114-72-64(52(105)45(98)28(10-82)118-72)131-67-21(3)41(94)58(31(13-85)121-67)127-69-54(107)50(103)47(100)35(124-69)17-115-76(74(110)111)6-24(88)37(78)61(133-76)43(96)26(90)8-80/h19-73,80-109H,6-18,78-79H2,1-5H3,(H,110,111)(H,112,113)/t19-,20+,21?,22?,23+,24-,25-,26-,27-,28?,29-,30?,31+,32?,33?,34?,35?,36?,37-,38-,39?,40?,41?,42-,43-,44-,45-,46-,47+,48+,49-,50?,51?,52?,53?,54+,55+,56-,57-,58?,59-,60-,61?,62?,63?,64-,65?,66+,67+,68+,69+,70+,71+,72+,73-,76-,77-/m1/s1. The molecule has 0 aliphatic carbocycles. The molecule has 780 valence electrons. The van der Waals surface area contributed by atoms with Crippen molar-refractivity contribution in [3.63, 3.8) is 0 Å². The highest BCUT2D eigenvalue weighted by Crippen LogP contribution is 2.44. The second kappa shape index (κ2) is 47.1. The second-order valence-electron chi connectivity index (χ2n) is 35.7. The Hall–Kier alpha value is -3.18. The van der Waals surface area contributed by atoms with Gasteiger partial charge in [0.1, 0.15) is 208 Å². The van der Waals surface area contributed by atoms with E-state index in [-0.39, 0.29) is 0 Å². The zero-order valence-corrected chi connectivity index (χ0v) is 72.8. The summed E-state index contributed by atoms with van der Waals surface area (Å²) < 4.78 is 125. The third kappa shape index (κ3) is 23.1. The molecule has 134 heavy (non-hydrogen) atoms. The number of aliphatic hydroxyl groups excluding tert-OH is 30. The number of ether oxygens (including phenoxy) is 21. The molecular weight excluding hydrogens is 1830 g/mol. The molecule has 0 saturated carbocycles. The Bertz CT molecular complexity index is 3610. The fraction of sp³-hybridized carbons (Fsp3) is 0.974. The third-order valence-corrected chi connectivity index (χ3v) is 26.8. The maximum Gasteiger partial charge on any atom is 0.364 e. The van der Waals surface area contributed by atoms with E-state index in [0.717, 1.165) is 0 Å². The minimum absolute atomic E-state index is 0.584. The molecule has 0 bridgehead atoms. The fourth-order valence-electron chi connectivity index (χ4n) is 18.0. The highest BCUT2D eigenvalue weighted by atomic mass is 16.8. The molecule has 11 rings (SSSR count). The highest BCUT2D eigenvalue weighted by molar-refractivity contribution is 5.76. The molecule has 21 unspecified atom stereocenters. The molecule has 11 aliphatic rings. The van der Waals surface area contributed by atoms with Gasteiger partial charge in [-0.15, -0.1) is 0 Å². The Kier molecular flexibility index (Phi) is 39.1. The first-order chi connectivity index (χ1) is 63.2. The summed E-state index contributed by atoms with van der Waals surface area (Å²) in [5.41, 5.74) is 11.9. The number of carboxylic acids is 2. The average molecular weight is 1970 g/mol. The monoisotopic (exact) mass is 1960 g/mol. The van der Waals surface area contributed by atoms with Crippen LogP contribution in [0.1, 0.15) is 47.5 Å². The van der Waals surface area contributed by atoms with Gasteiger partial charge in [0.05, 0.1) is 127 Å². The summed E-state index contributed by atoms with van der Waals surface area (Å²) in [7, 11) is 0. The van der Waals surface area contributed by atoms with Crippen LogP contribution in [-0.4, -0.2) is 572 Å². The number of hydrogen-bond donors (Lipinski definition) is 34. The van der Waals surface area contributed by atoms with Crippen LogP contribution in [0.2, 0.25) is 0 Å². The first-order valence-electron chi connectivity index (χ1n) is 43.7. The molecular formula is C77H132N2O55. The van der Waals surface area contributed by atoms with Crippen molar-refractivity contribution in [1.82, 2.24) is 0 Å². The average Bonchev–Trinajstić information content (AvgIpc) is 0.770. The van der Waals surface area contributed by atoms with Crippen LogP contribution in [0, 0.1) is 23.7 Å². The number of aliphatic carboxylic acids is 2. The van der Waals surface area contributed by atoms with Crippen molar-refractivity contribution in [2.75, 3.05) is 72.7 Å². The van der Waals surface area contributed by atoms with Crippen LogP contribution in [0.5, 0.6) is 0 Å². The van der Waals surface area contributed by atoms with E-state index >= 15 is 0 Å². The molecule has 11 heterocycles. The molecule has 0 aromatic carbocycles. The van der Waals surface area contributed by atoms with Gasteiger partial charge in [-0.25, -0.2) is 9.59 Å². The lowest BCUT2D eigenvalue weighted by atomic mass is 9.88. The Morgan fingerprint density at radius 3 is 0.940 bits per heavy atom. The van der Waals surface area contributed by atoms with Gasteiger partial charge < -0.3 is 274 Å². The Morgan fingerprint density at radius 1 is 0.306 bits per heavy atom. The summed E-state index contributed by atoms with van der Waals surface area (Å²) >= 11 is 0. The molecule has 57 nitrogen and oxygen atoms in total.